The molecule has 4 rings (SSSR count). The van der Waals surface area contributed by atoms with E-state index in [1.54, 1.807) is 7.11 Å². The van der Waals surface area contributed by atoms with E-state index in [2.05, 4.69) is 4.98 Å². The molecule has 184 valence electrons. The number of amides is 1. The van der Waals surface area contributed by atoms with Gasteiger partial charge in [-0.2, -0.15) is 0 Å². The van der Waals surface area contributed by atoms with Crippen LogP contribution in [0.4, 0.5) is 0 Å². The molecule has 2 aliphatic rings. The molecule has 1 N–H and O–H groups in total. The van der Waals surface area contributed by atoms with Crippen LogP contribution in [0.5, 0.6) is 5.75 Å². The van der Waals surface area contributed by atoms with Crippen LogP contribution in [0.25, 0.3) is 10.9 Å². The monoisotopic (exact) mass is 472 g/mol. The third-order valence-electron chi connectivity index (χ3n) is 7.23. The molecule has 1 saturated carbocycles. The van der Waals surface area contributed by atoms with Gasteiger partial charge in [-0.1, -0.05) is 0 Å². The van der Waals surface area contributed by atoms with E-state index in [-0.39, 0.29) is 24.2 Å². The van der Waals surface area contributed by atoms with Crippen molar-refractivity contribution in [1.82, 2.24) is 9.88 Å². The van der Waals surface area contributed by atoms with E-state index in [0.29, 0.717) is 25.9 Å². The van der Waals surface area contributed by atoms with Crippen LogP contribution in [0.3, 0.4) is 0 Å². The first-order valence-electron chi connectivity index (χ1n) is 11.6. The van der Waals surface area contributed by atoms with Gasteiger partial charge in [0.1, 0.15) is 18.0 Å². The Morgan fingerprint density at radius 2 is 2.00 bits per heavy atom. The molecule has 0 radical (unpaired) electrons. The number of carbonyl (C=O) groups is 3. The van der Waals surface area contributed by atoms with Gasteiger partial charge in [0.15, 0.2) is 0 Å². The molecule has 1 amide bonds. The highest BCUT2D eigenvalue weighted by Crippen LogP contribution is 2.43. The maximum atomic E-state index is 13.1. The first-order chi connectivity index (χ1) is 16.4. The maximum Gasteiger partial charge on any atom is 0.311 e. The lowest BCUT2D eigenvalue weighted by Crippen LogP contribution is -2.58. The second kappa shape index (κ2) is 10.0. The first kappa shape index (κ1) is 24.1. The molecule has 5 atom stereocenters. The third-order valence-corrected chi connectivity index (χ3v) is 7.23. The van der Waals surface area contributed by atoms with Crippen molar-refractivity contribution >= 4 is 28.7 Å². The maximum absolute atomic E-state index is 13.1. The number of esters is 2. The largest absolute Gasteiger partial charge is 0.497 e. The molecule has 0 bridgehead atoms. The molecule has 1 aliphatic heterocycles. The van der Waals surface area contributed by atoms with Crippen molar-refractivity contribution in [2.45, 2.75) is 38.4 Å². The summed E-state index contributed by atoms with van der Waals surface area (Å²) in [6.07, 6.45) is 2.21. The molecule has 1 aromatic heterocycles. The molecule has 1 aromatic carbocycles. The van der Waals surface area contributed by atoms with Gasteiger partial charge in [-0.25, -0.2) is 0 Å². The predicted molar refractivity (Wildman–Crippen MR) is 123 cm³/mol. The number of nitrogens with zero attached hydrogens (tertiary/aromatic N) is 1. The number of aromatic nitrogens is 1. The number of methoxy groups -OCH3 is 3. The Morgan fingerprint density at radius 1 is 1.21 bits per heavy atom. The number of fused-ring (bicyclic) bond motifs is 2. The molecule has 2 heterocycles. The molecule has 0 spiro atoms. The summed E-state index contributed by atoms with van der Waals surface area (Å²) in [4.78, 5) is 42.6. The van der Waals surface area contributed by atoms with Crippen molar-refractivity contribution in [3.63, 3.8) is 0 Å². The second-order valence-corrected chi connectivity index (χ2v) is 9.08. The Labute approximate surface area is 198 Å². The summed E-state index contributed by atoms with van der Waals surface area (Å²) in [6, 6.07) is 5.88. The Hall–Kier alpha value is -3.07. The lowest BCUT2D eigenvalue weighted by atomic mass is 9.66. The number of hydrogen-bond acceptors (Lipinski definition) is 7. The number of piperidine rings is 1. The standard InChI is InChI=1S/C25H32N2O7/c1-14(28)34-21-9-16-13-27(22(29)11-19(16)23(24(21)32-3)25(30)33-4)8-7-15-12-26-20-6-5-17(31-2)10-18(15)20/h5-6,10,12,16,19,21,23-24,26H,7-9,11,13H2,1-4H3/t16-,19+,21-,23+,24+/m0/s1. The number of benzene rings is 1. The topological polar surface area (TPSA) is 107 Å². The SMILES string of the molecule is COC(=O)[C@@H]1[C@@H]2CC(=O)N(CCc3c[nH]c4ccc(OC)cc34)C[C@@H]2C[C@H](OC(C)=O)[C@H]1OC. The average Bonchev–Trinajstić information content (AvgIpc) is 3.23. The zero-order chi connectivity index (χ0) is 24.4. The molecule has 9 heteroatoms. The smallest absolute Gasteiger partial charge is 0.311 e. The molecule has 2 aromatic rings. The van der Waals surface area contributed by atoms with E-state index in [1.807, 2.05) is 29.3 Å². The number of H-pyrrole nitrogens is 1. The number of nitrogens with one attached hydrogen (secondary N) is 1. The lowest BCUT2D eigenvalue weighted by molar-refractivity contribution is -0.187. The zero-order valence-corrected chi connectivity index (χ0v) is 20.0. The number of carbonyl (C=O) groups excluding carboxylic acids is 3. The van der Waals surface area contributed by atoms with Crippen molar-refractivity contribution in [2.24, 2.45) is 17.8 Å². The molecule has 0 unspecified atom stereocenters. The van der Waals surface area contributed by atoms with E-state index < -0.39 is 30.1 Å². The summed E-state index contributed by atoms with van der Waals surface area (Å²) in [5.41, 5.74) is 2.13. The number of ether oxygens (including phenoxy) is 4. The molecule has 1 saturated heterocycles. The van der Waals surface area contributed by atoms with Crippen molar-refractivity contribution in [1.29, 1.82) is 0 Å². The van der Waals surface area contributed by atoms with Crippen LogP contribution < -0.4 is 4.74 Å². The lowest BCUT2D eigenvalue weighted by Gasteiger charge is -2.48. The fraction of sp³-hybridized carbons (Fsp3) is 0.560. The number of likely N-dealkylation sites (tertiary alicyclic amines) is 1. The predicted octanol–water partition coefficient (Wildman–Crippen LogP) is 2.32. The fourth-order valence-corrected chi connectivity index (χ4v) is 5.63. The summed E-state index contributed by atoms with van der Waals surface area (Å²) in [6.45, 7) is 2.40. The summed E-state index contributed by atoms with van der Waals surface area (Å²) in [5, 5.41) is 1.07. The van der Waals surface area contributed by atoms with Crippen molar-refractivity contribution in [3.8, 4) is 5.75 Å². The number of aromatic amines is 1. The highest BCUT2D eigenvalue weighted by atomic mass is 16.6. The summed E-state index contributed by atoms with van der Waals surface area (Å²) in [7, 11) is 4.45. The minimum Gasteiger partial charge on any atom is -0.497 e. The zero-order valence-electron chi connectivity index (χ0n) is 20.0. The van der Waals surface area contributed by atoms with Gasteiger partial charge in [0.25, 0.3) is 0 Å². The van der Waals surface area contributed by atoms with Gasteiger partial charge in [0.05, 0.1) is 20.1 Å². The highest BCUT2D eigenvalue weighted by molar-refractivity contribution is 5.85. The second-order valence-electron chi connectivity index (χ2n) is 9.08. The third kappa shape index (κ3) is 4.61. The van der Waals surface area contributed by atoms with Gasteiger partial charge in [-0.05, 0) is 48.4 Å². The van der Waals surface area contributed by atoms with Gasteiger partial charge in [0, 0.05) is 50.6 Å². The van der Waals surface area contributed by atoms with Crippen LogP contribution >= 0.6 is 0 Å². The normalized spacial score (nSPS) is 26.8. The van der Waals surface area contributed by atoms with Gasteiger partial charge in [-0.3, -0.25) is 14.4 Å². The number of rotatable bonds is 7. The van der Waals surface area contributed by atoms with E-state index in [9.17, 15) is 14.4 Å². The average molecular weight is 473 g/mol. The van der Waals surface area contributed by atoms with Crippen molar-refractivity contribution in [3.05, 3.63) is 30.0 Å². The molecule has 2 fully saturated rings. The Morgan fingerprint density at radius 3 is 2.68 bits per heavy atom. The molecule has 34 heavy (non-hydrogen) atoms. The van der Waals surface area contributed by atoms with Gasteiger partial charge in [-0.15, -0.1) is 0 Å². The fourth-order valence-electron chi connectivity index (χ4n) is 5.63. The summed E-state index contributed by atoms with van der Waals surface area (Å²) in [5.74, 6) is -0.949. The van der Waals surface area contributed by atoms with Crippen LogP contribution in [0, 0.1) is 17.8 Å². The Kier molecular flexibility index (Phi) is 7.11. The molecular weight excluding hydrogens is 440 g/mol. The van der Waals surface area contributed by atoms with Crippen LogP contribution in [-0.4, -0.2) is 74.4 Å². The first-order valence-corrected chi connectivity index (χ1v) is 11.6. The van der Waals surface area contributed by atoms with Crippen LogP contribution in [0.1, 0.15) is 25.3 Å². The summed E-state index contributed by atoms with van der Waals surface area (Å²) >= 11 is 0. The van der Waals surface area contributed by atoms with Crippen molar-refractivity contribution in [2.75, 3.05) is 34.4 Å². The minimum atomic E-state index is -0.662. The van der Waals surface area contributed by atoms with Crippen LogP contribution in [-0.2, 0) is 35.0 Å². The van der Waals surface area contributed by atoms with E-state index in [4.69, 9.17) is 18.9 Å². The number of hydrogen-bond donors (Lipinski definition) is 1. The van der Waals surface area contributed by atoms with E-state index in [0.717, 1.165) is 22.2 Å². The van der Waals surface area contributed by atoms with E-state index in [1.165, 1.54) is 21.1 Å². The van der Waals surface area contributed by atoms with Gasteiger partial charge >= 0.3 is 11.9 Å². The molecule has 9 nitrogen and oxygen atoms in total. The van der Waals surface area contributed by atoms with Crippen LogP contribution in [0.15, 0.2) is 24.4 Å². The highest BCUT2D eigenvalue weighted by Gasteiger charge is 2.53. The molecule has 1 aliphatic carbocycles. The summed E-state index contributed by atoms with van der Waals surface area (Å²) < 4.78 is 21.5. The van der Waals surface area contributed by atoms with Crippen LogP contribution in [0.2, 0.25) is 0 Å². The van der Waals surface area contributed by atoms with Gasteiger partial charge < -0.3 is 28.8 Å². The Bertz CT molecular complexity index is 1060. The van der Waals surface area contributed by atoms with Crippen molar-refractivity contribution < 1.29 is 33.3 Å². The quantitative estimate of drug-likeness (QED) is 0.616. The van der Waals surface area contributed by atoms with Gasteiger partial charge in [0.2, 0.25) is 5.91 Å². The Balaban J connectivity index is 1.51. The molecular formula is C25H32N2O7. The minimum absolute atomic E-state index is 0.000568. The van der Waals surface area contributed by atoms with E-state index >= 15 is 0 Å².